The molecule has 0 bridgehead atoms. The Morgan fingerprint density at radius 1 is 1.15 bits per heavy atom. The van der Waals surface area contributed by atoms with E-state index < -0.39 is 24.9 Å². The molecular weight excluding hydrogens is 337 g/mol. The molecule has 3 aromatic rings. The molecule has 2 amide bonds. The number of hydrogen-bond donors (Lipinski definition) is 4. The Hall–Kier alpha value is -3.17. The molecule has 0 saturated carbocycles. The third-order valence-corrected chi connectivity index (χ3v) is 3.80. The van der Waals surface area contributed by atoms with Crippen molar-refractivity contribution in [2.24, 2.45) is 0 Å². The van der Waals surface area contributed by atoms with Crippen LogP contribution in [-0.4, -0.2) is 39.9 Å². The van der Waals surface area contributed by atoms with E-state index in [-0.39, 0.29) is 6.42 Å². The van der Waals surface area contributed by atoms with E-state index in [0.29, 0.717) is 16.8 Å². The Bertz CT molecular complexity index is 913. The summed E-state index contributed by atoms with van der Waals surface area (Å²) in [5.41, 5.74) is 1.69. The number of pyridine rings is 1. The number of carbonyl (C=O) groups is 2. The van der Waals surface area contributed by atoms with Crippen LogP contribution in [0.15, 0.2) is 59.5 Å². The van der Waals surface area contributed by atoms with Crippen molar-refractivity contribution >= 4 is 35.6 Å². The molecule has 0 unspecified atom stereocenters. The Kier molecular flexibility index (Phi) is 5.30. The standard InChI is InChI=1S/C17H16BN3O5/c22-16(20-12-4-3-7-19-9-12)17(23)21-15(18(24)25)8-11-10-26-14-6-2-1-5-13(11)14/h1-7,9-10,15,24-25H,8H2,(H,20,22)(H,21,23)/t15-/m0/s1. The highest BCUT2D eigenvalue weighted by Gasteiger charge is 2.29. The van der Waals surface area contributed by atoms with E-state index in [0.717, 1.165) is 5.39 Å². The molecule has 8 nitrogen and oxygen atoms in total. The number of nitrogens with zero attached hydrogens (tertiary/aromatic N) is 1. The molecule has 0 saturated heterocycles. The fourth-order valence-corrected chi connectivity index (χ4v) is 2.52. The van der Waals surface area contributed by atoms with Crippen molar-refractivity contribution in [1.29, 1.82) is 0 Å². The minimum absolute atomic E-state index is 0.0839. The molecular formula is C17H16BN3O5. The lowest BCUT2D eigenvalue weighted by molar-refractivity contribution is -0.136. The number of hydrogen-bond acceptors (Lipinski definition) is 6. The van der Waals surface area contributed by atoms with Gasteiger partial charge in [0.15, 0.2) is 0 Å². The van der Waals surface area contributed by atoms with E-state index >= 15 is 0 Å². The van der Waals surface area contributed by atoms with E-state index in [4.69, 9.17) is 4.42 Å². The number of carbonyl (C=O) groups excluding carboxylic acids is 2. The van der Waals surface area contributed by atoms with E-state index in [9.17, 15) is 19.6 Å². The SMILES string of the molecule is O=C(Nc1cccnc1)C(=O)N[C@@H](Cc1coc2ccccc12)B(O)O. The second kappa shape index (κ2) is 7.81. The lowest BCUT2D eigenvalue weighted by Crippen LogP contribution is -2.51. The zero-order valence-corrected chi connectivity index (χ0v) is 13.6. The van der Waals surface area contributed by atoms with Gasteiger partial charge in [-0.1, -0.05) is 18.2 Å². The van der Waals surface area contributed by atoms with E-state index in [1.165, 1.54) is 18.7 Å². The topological polar surface area (TPSA) is 125 Å². The predicted octanol–water partition coefficient (Wildman–Crippen LogP) is 0.506. The van der Waals surface area contributed by atoms with Crippen LogP contribution in [0, 0.1) is 0 Å². The van der Waals surface area contributed by atoms with Gasteiger partial charge >= 0.3 is 18.9 Å². The monoisotopic (exact) mass is 353 g/mol. The first-order chi connectivity index (χ1) is 12.5. The molecule has 0 aliphatic carbocycles. The number of amides is 2. The lowest BCUT2D eigenvalue weighted by atomic mass is 9.76. The van der Waals surface area contributed by atoms with Crippen LogP contribution >= 0.6 is 0 Å². The van der Waals surface area contributed by atoms with Gasteiger partial charge in [-0.25, -0.2) is 0 Å². The van der Waals surface area contributed by atoms with Gasteiger partial charge in [-0.3, -0.25) is 14.6 Å². The van der Waals surface area contributed by atoms with Crippen LogP contribution in [0.3, 0.4) is 0 Å². The smallest absolute Gasteiger partial charge is 0.464 e. The normalized spacial score (nSPS) is 11.8. The predicted molar refractivity (Wildman–Crippen MR) is 94.9 cm³/mol. The highest BCUT2D eigenvalue weighted by Crippen LogP contribution is 2.22. The first-order valence-electron chi connectivity index (χ1n) is 7.87. The molecule has 0 spiro atoms. The Labute approximate surface area is 149 Å². The van der Waals surface area contributed by atoms with Gasteiger partial charge < -0.3 is 25.1 Å². The third kappa shape index (κ3) is 4.08. The van der Waals surface area contributed by atoms with Crippen LogP contribution in [-0.2, 0) is 16.0 Å². The molecule has 4 N–H and O–H groups in total. The summed E-state index contributed by atoms with van der Waals surface area (Å²) in [5.74, 6) is -3.00. The minimum atomic E-state index is -1.85. The number of aromatic nitrogens is 1. The summed E-state index contributed by atoms with van der Waals surface area (Å²) >= 11 is 0. The quantitative estimate of drug-likeness (QED) is 0.391. The Balaban J connectivity index is 1.68. The van der Waals surface area contributed by atoms with Crippen LogP contribution in [0.5, 0.6) is 0 Å². The molecule has 9 heteroatoms. The second-order valence-corrected chi connectivity index (χ2v) is 5.65. The molecule has 26 heavy (non-hydrogen) atoms. The average Bonchev–Trinajstić information content (AvgIpc) is 3.05. The molecule has 2 heterocycles. The molecule has 0 fully saturated rings. The van der Waals surface area contributed by atoms with Gasteiger partial charge in [-0.15, -0.1) is 0 Å². The number of fused-ring (bicyclic) bond motifs is 1. The van der Waals surface area contributed by atoms with Gasteiger partial charge in [-0.2, -0.15) is 0 Å². The van der Waals surface area contributed by atoms with Crippen molar-refractivity contribution in [2.45, 2.75) is 12.4 Å². The van der Waals surface area contributed by atoms with Crippen LogP contribution in [0.25, 0.3) is 11.0 Å². The molecule has 0 radical (unpaired) electrons. The molecule has 2 aromatic heterocycles. The zero-order valence-electron chi connectivity index (χ0n) is 13.6. The van der Waals surface area contributed by atoms with Gasteiger partial charge in [0.2, 0.25) is 0 Å². The maximum absolute atomic E-state index is 12.1. The summed E-state index contributed by atoms with van der Waals surface area (Å²) < 4.78 is 5.40. The average molecular weight is 353 g/mol. The van der Waals surface area contributed by atoms with Crippen LogP contribution < -0.4 is 10.6 Å². The lowest BCUT2D eigenvalue weighted by Gasteiger charge is -2.17. The van der Waals surface area contributed by atoms with Crippen molar-refractivity contribution in [2.75, 3.05) is 5.32 Å². The van der Waals surface area contributed by atoms with Crippen molar-refractivity contribution in [1.82, 2.24) is 10.3 Å². The molecule has 0 aliphatic heterocycles. The van der Waals surface area contributed by atoms with Crippen molar-refractivity contribution in [3.8, 4) is 0 Å². The Morgan fingerprint density at radius 2 is 1.96 bits per heavy atom. The molecule has 1 aromatic carbocycles. The fourth-order valence-electron chi connectivity index (χ4n) is 2.52. The zero-order chi connectivity index (χ0) is 18.5. The van der Waals surface area contributed by atoms with Crippen LogP contribution in [0.1, 0.15) is 5.56 Å². The van der Waals surface area contributed by atoms with Gasteiger partial charge in [0, 0.05) is 11.6 Å². The maximum atomic E-state index is 12.1. The number of benzene rings is 1. The summed E-state index contributed by atoms with van der Waals surface area (Å²) in [6.07, 6.45) is 4.49. The van der Waals surface area contributed by atoms with Crippen LogP contribution in [0.2, 0.25) is 0 Å². The summed E-state index contributed by atoms with van der Waals surface area (Å²) in [7, 11) is -1.85. The van der Waals surface area contributed by atoms with Crippen molar-refractivity contribution < 1.29 is 24.1 Å². The Morgan fingerprint density at radius 3 is 2.69 bits per heavy atom. The largest absolute Gasteiger partial charge is 0.475 e. The molecule has 0 aliphatic rings. The highest BCUT2D eigenvalue weighted by atomic mass is 16.4. The molecule has 3 rings (SSSR count). The number of rotatable bonds is 5. The second-order valence-electron chi connectivity index (χ2n) is 5.65. The van der Waals surface area contributed by atoms with Crippen LogP contribution in [0.4, 0.5) is 5.69 Å². The summed E-state index contributed by atoms with van der Waals surface area (Å²) in [6.45, 7) is 0. The van der Waals surface area contributed by atoms with Crippen molar-refractivity contribution in [3.05, 3.63) is 60.6 Å². The number of nitrogens with one attached hydrogen (secondary N) is 2. The first kappa shape index (κ1) is 17.7. The van der Waals surface area contributed by atoms with Gasteiger partial charge in [-0.05, 0) is 30.2 Å². The van der Waals surface area contributed by atoms with Gasteiger partial charge in [0.05, 0.1) is 24.1 Å². The number of para-hydroxylation sites is 1. The van der Waals surface area contributed by atoms with Gasteiger partial charge in [0.25, 0.3) is 0 Å². The fraction of sp³-hybridized carbons (Fsp3) is 0.118. The molecule has 132 valence electrons. The number of anilines is 1. The minimum Gasteiger partial charge on any atom is -0.464 e. The summed E-state index contributed by atoms with van der Waals surface area (Å²) in [5, 5.41) is 24.6. The van der Waals surface area contributed by atoms with Crippen molar-refractivity contribution in [3.63, 3.8) is 0 Å². The molecule has 1 atom stereocenters. The van der Waals surface area contributed by atoms with E-state index in [1.807, 2.05) is 18.2 Å². The highest BCUT2D eigenvalue weighted by molar-refractivity contribution is 6.46. The van der Waals surface area contributed by atoms with E-state index in [2.05, 4.69) is 15.6 Å². The summed E-state index contributed by atoms with van der Waals surface area (Å²) in [4.78, 5) is 27.8. The third-order valence-electron chi connectivity index (χ3n) is 3.80. The maximum Gasteiger partial charge on any atom is 0.475 e. The summed E-state index contributed by atoms with van der Waals surface area (Å²) in [6, 6.07) is 10.4. The van der Waals surface area contributed by atoms with Gasteiger partial charge in [0.1, 0.15) is 5.58 Å². The van der Waals surface area contributed by atoms with E-state index in [1.54, 1.807) is 18.2 Å². The number of furan rings is 1. The first-order valence-corrected chi connectivity index (χ1v) is 7.87.